The number of methoxy groups -OCH3 is 4. The van der Waals surface area contributed by atoms with Crippen molar-refractivity contribution in [3.05, 3.63) is 41.5 Å². The fourth-order valence-corrected chi connectivity index (χ4v) is 2.47. The fraction of sp³-hybridized carbons (Fsp3) is 0.250. The van der Waals surface area contributed by atoms with E-state index in [1.807, 2.05) is 0 Å². The van der Waals surface area contributed by atoms with E-state index in [0.717, 1.165) is 0 Å². The number of hydrogen-bond donors (Lipinski definition) is 3. The number of benzene rings is 2. The van der Waals surface area contributed by atoms with Crippen molar-refractivity contribution in [3.8, 4) is 28.7 Å². The van der Waals surface area contributed by atoms with Crippen LogP contribution in [0, 0.1) is 0 Å². The molecular formula is C20H23N3O7. The minimum absolute atomic E-state index is 0.00630. The summed E-state index contributed by atoms with van der Waals surface area (Å²) in [5, 5.41) is 15.8. The number of amides is 2. The van der Waals surface area contributed by atoms with Crippen molar-refractivity contribution < 1.29 is 33.6 Å². The number of phenolic OH excluding ortho intramolecular Hbond substituents is 1. The molecule has 0 aliphatic heterocycles. The summed E-state index contributed by atoms with van der Waals surface area (Å²) >= 11 is 0. The van der Waals surface area contributed by atoms with Crippen LogP contribution in [0.1, 0.15) is 15.9 Å². The Morgan fingerprint density at radius 2 is 1.60 bits per heavy atom. The van der Waals surface area contributed by atoms with Gasteiger partial charge in [-0.3, -0.25) is 9.59 Å². The molecule has 0 saturated carbocycles. The van der Waals surface area contributed by atoms with Gasteiger partial charge < -0.3 is 29.4 Å². The van der Waals surface area contributed by atoms with Gasteiger partial charge in [-0.1, -0.05) is 0 Å². The quantitative estimate of drug-likeness (QED) is 0.415. The third-order valence-electron chi connectivity index (χ3n) is 3.94. The zero-order chi connectivity index (χ0) is 22.1. The highest BCUT2D eigenvalue weighted by atomic mass is 16.5. The Morgan fingerprint density at radius 3 is 2.17 bits per heavy atom. The molecule has 0 aromatic heterocycles. The summed E-state index contributed by atoms with van der Waals surface area (Å²) in [5.41, 5.74) is 3.13. The maximum absolute atomic E-state index is 12.4. The predicted molar refractivity (Wildman–Crippen MR) is 109 cm³/mol. The Balaban J connectivity index is 1.95. The first-order valence-electron chi connectivity index (χ1n) is 8.70. The van der Waals surface area contributed by atoms with Crippen LogP contribution in [0.15, 0.2) is 35.4 Å². The van der Waals surface area contributed by atoms with Crippen LogP contribution < -0.4 is 29.7 Å². The average molecular weight is 417 g/mol. The minimum Gasteiger partial charge on any atom is -0.504 e. The second-order valence-corrected chi connectivity index (χ2v) is 5.82. The number of hydrogen-bond acceptors (Lipinski definition) is 8. The number of nitrogens with zero attached hydrogens (tertiary/aromatic N) is 1. The van der Waals surface area contributed by atoms with Crippen molar-refractivity contribution in [1.29, 1.82) is 0 Å². The monoisotopic (exact) mass is 417 g/mol. The molecule has 0 atom stereocenters. The first-order chi connectivity index (χ1) is 14.4. The van der Waals surface area contributed by atoms with Gasteiger partial charge in [-0.2, -0.15) is 5.10 Å². The van der Waals surface area contributed by atoms with E-state index in [1.165, 1.54) is 52.9 Å². The lowest BCUT2D eigenvalue weighted by Gasteiger charge is -2.14. The van der Waals surface area contributed by atoms with E-state index < -0.39 is 11.8 Å². The molecule has 2 rings (SSSR count). The molecule has 0 aliphatic carbocycles. The largest absolute Gasteiger partial charge is 0.504 e. The smallest absolute Gasteiger partial charge is 0.259 e. The number of rotatable bonds is 9. The first-order valence-corrected chi connectivity index (χ1v) is 8.70. The molecule has 0 heterocycles. The Morgan fingerprint density at radius 1 is 0.967 bits per heavy atom. The number of hydrazone groups is 1. The lowest BCUT2D eigenvalue weighted by atomic mass is 10.1. The Kier molecular flexibility index (Phi) is 7.86. The molecule has 0 saturated heterocycles. The predicted octanol–water partition coefficient (Wildman–Crippen LogP) is 1.31. The lowest BCUT2D eigenvalue weighted by molar-refractivity contribution is -0.120. The summed E-state index contributed by atoms with van der Waals surface area (Å²) in [6, 6.07) is 7.55. The molecule has 10 heteroatoms. The van der Waals surface area contributed by atoms with Gasteiger partial charge in [0.25, 0.3) is 11.8 Å². The summed E-state index contributed by atoms with van der Waals surface area (Å²) in [6.07, 6.45) is 1.38. The molecule has 0 bridgehead atoms. The molecule has 10 nitrogen and oxygen atoms in total. The van der Waals surface area contributed by atoms with Gasteiger partial charge in [0.1, 0.15) is 0 Å². The average Bonchev–Trinajstić information content (AvgIpc) is 2.77. The van der Waals surface area contributed by atoms with Crippen molar-refractivity contribution in [3.63, 3.8) is 0 Å². The zero-order valence-corrected chi connectivity index (χ0v) is 17.0. The molecule has 0 spiro atoms. The Labute approximate surface area is 173 Å². The summed E-state index contributed by atoms with van der Waals surface area (Å²) in [4.78, 5) is 24.3. The van der Waals surface area contributed by atoms with Gasteiger partial charge in [-0.15, -0.1) is 0 Å². The molecule has 0 unspecified atom stereocenters. The van der Waals surface area contributed by atoms with Crippen molar-refractivity contribution in [1.82, 2.24) is 10.7 Å². The van der Waals surface area contributed by atoms with Gasteiger partial charge >= 0.3 is 0 Å². The van der Waals surface area contributed by atoms with Crippen LogP contribution in [-0.4, -0.2) is 58.1 Å². The topological polar surface area (TPSA) is 128 Å². The third kappa shape index (κ3) is 5.53. The SMILES string of the molecule is COc1cc(C=NNC(=O)CNC(=O)c2cc(OC)c(OC)c(OC)c2)ccc1O. The van der Waals surface area contributed by atoms with E-state index in [1.54, 1.807) is 12.1 Å². The van der Waals surface area contributed by atoms with Crippen molar-refractivity contribution >= 4 is 18.0 Å². The lowest BCUT2D eigenvalue weighted by Crippen LogP contribution is -2.34. The van der Waals surface area contributed by atoms with E-state index in [0.29, 0.717) is 22.8 Å². The zero-order valence-electron chi connectivity index (χ0n) is 17.0. The highest BCUT2D eigenvalue weighted by Crippen LogP contribution is 2.38. The number of carbonyl (C=O) groups is 2. The third-order valence-corrected chi connectivity index (χ3v) is 3.94. The molecular weight excluding hydrogens is 394 g/mol. The molecule has 0 aliphatic rings. The van der Waals surface area contributed by atoms with Crippen molar-refractivity contribution in [2.45, 2.75) is 0 Å². The van der Waals surface area contributed by atoms with Crippen LogP contribution in [-0.2, 0) is 4.79 Å². The molecule has 0 fully saturated rings. The molecule has 0 radical (unpaired) electrons. The van der Waals surface area contributed by atoms with E-state index in [2.05, 4.69) is 15.8 Å². The van der Waals surface area contributed by atoms with Gasteiger partial charge in [0.05, 0.1) is 41.2 Å². The summed E-state index contributed by atoms with van der Waals surface area (Å²) in [5.74, 6) is 0.237. The fourth-order valence-electron chi connectivity index (χ4n) is 2.47. The van der Waals surface area contributed by atoms with Crippen LogP contribution in [0.2, 0.25) is 0 Å². The van der Waals surface area contributed by atoms with E-state index in [4.69, 9.17) is 18.9 Å². The number of aromatic hydroxyl groups is 1. The van der Waals surface area contributed by atoms with Crippen LogP contribution in [0.25, 0.3) is 0 Å². The van der Waals surface area contributed by atoms with Gasteiger partial charge in [0, 0.05) is 5.56 Å². The maximum Gasteiger partial charge on any atom is 0.259 e. The van der Waals surface area contributed by atoms with Gasteiger partial charge in [-0.25, -0.2) is 5.43 Å². The van der Waals surface area contributed by atoms with Crippen LogP contribution in [0.5, 0.6) is 28.7 Å². The second kappa shape index (κ2) is 10.6. The maximum atomic E-state index is 12.4. The van der Waals surface area contributed by atoms with E-state index in [9.17, 15) is 14.7 Å². The van der Waals surface area contributed by atoms with Gasteiger partial charge in [-0.05, 0) is 35.9 Å². The van der Waals surface area contributed by atoms with E-state index >= 15 is 0 Å². The molecule has 2 aromatic carbocycles. The van der Waals surface area contributed by atoms with Crippen molar-refractivity contribution in [2.75, 3.05) is 35.0 Å². The van der Waals surface area contributed by atoms with Crippen LogP contribution in [0.4, 0.5) is 0 Å². The van der Waals surface area contributed by atoms with E-state index in [-0.39, 0.29) is 23.6 Å². The molecule has 160 valence electrons. The number of phenols is 1. The molecule has 2 amide bonds. The summed E-state index contributed by atoms with van der Waals surface area (Å²) < 4.78 is 20.6. The Hall–Kier alpha value is -3.95. The molecule has 3 N–H and O–H groups in total. The van der Waals surface area contributed by atoms with Crippen LogP contribution in [0.3, 0.4) is 0 Å². The summed E-state index contributed by atoms with van der Waals surface area (Å²) in [6.45, 7) is -0.300. The Bertz CT molecular complexity index is 919. The normalized spacial score (nSPS) is 10.4. The standard InChI is InChI=1S/C20H23N3O7/c1-27-15-7-12(5-6-14(15)24)10-22-23-18(25)11-21-20(26)13-8-16(28-2)19(30-4)17(9-13)29-3/h5-10,24H,11H2,1-4H3,(H,21,26)(H,23,25). The first kappa shape index (κ1) is 22.3. The highest BCUT2D eigenvalue weighted by molar-refractivity contribution is 5.97. The van der Waals surface area contributed by atoms with Gasteiger partial charge in [0.15, 0.2) is 23.0 Å². The number of nitrogens with one attached hydrogen (secondary N) is 2. The molecule has 2 aromatic rings. The molecule has 30 heavy (non-hydrogen) atoms. The summed E-state index contributed by atoms with van der Waals surface area (Å²) in [7, 11) is 5.76. The van der Waals surface area contributed by atoms with Crippen LogP contribution >= 0.6 is 0 Å². The number of ether oxygens (including phenoxy) is 4. The minimum atomic E-state index is -0.530. The second-order valence-electron chi connectivity index (χ2n) is 5.82. The highest BCUT2D eigenvalue weighted by Gasteiger charge is 2.17. The van der Waals surface area contributed by atoms with Crippen molar-refractivity contribution in [2.24, 2.45) is 5.10 Å². The number of carbonyl (C=O) groups excluding carboxylic acids is 2. The van der Waals surface area contributed by atoms with Gasteiger partial charge in [0.2, 0.25) is 5.75 Å².